The van der Waals surface area contributed by atoms with Gasteiger partial charge in [-0.05, 0) is 12.8 Å². The highest BCUT2D eigenvalue weighted by molar-refractivity contribution is 5.80. The van der Waals surface area contributed by atoms with Gasteiger partial charge < -0.3 is 5.11 Å². The number of aliphatic imine (C=N–C) groups is 1. The number of quaternary nitrogens is 1. The molecule has 1 N–H and O–H groups in total. The van der Waals surface area contributed by atoms with Gasteiger partial charge in [0.2, 0.25) is 0 Å². The average molecular weight is 340 g/mol. The Labute approximate surface area is 148 Å². The molecule has 0 aromatic carbocycles. The van der Waals surface area contributed by atoms with Crippen LogP contribution in [0, 0.1) is 0 Å². The predicted octanol–water partition coefficient (Wildman–Crippen LogP) is 5.02. The highest BCUT2D eigenvalue weighted by atomic mass is 16.4. The molecule has 0 aromatic heterocycles. The first-order valence-electron chi connectivity index (χ1n) is 10.3. The molecule has 4 heteroatoms. The molecular formula is C20H39N2O2+. The summed E-state index contributed by atoms with van der Waals surface area (Å²) in [6.45, 7) is 7.22. The van der Waals surface area contributed by atoms with Crippen LogP contribution in [-0.2, 0) is 4.79 Å². The third-order valence-corrected chi connectivity index (χ3v) is 5.21. The topological polar surface area (TPSA) is 49.7 Å². The van der Waals surface area contributed by atoms with Crippen molar-refractivity contribution in [2.24, 2.45) is 4.99 Å². The number of aliphatic carboxylic acids is 1. The van der Waals surface area contributed by atoms with Crippen LogP contribution in [0.2, 0.25) is 0 Å². The van der Waals surface area contributed by atoms with Crippen LogP contribution in [0.5, 0.6) is 0 Å². The fourth-order valence-corrected chi connectivity index (χ4v) is 3.91. The normalized spacial score (nSPS) is 20.3. The molecule has 0 amide bonds. The van der Waals surface area contributed by atoms with E-state index < -0.39 is 5.97 Å². The van der Waals surface area contributed by atoms with Crippen molar-refractivity contribution in [1.29, 1.82) is 0 Å². The third kappa shape index (κ3) is 7.78. The molecule has 0 aromatic rings. The molecule has 0 saturated carbocycles. The van der Waals surface area contributed by atoms with Gasteiger partial charge in [-0.15, -0.1) is 0 Å². The zero-order chi connectivity index (χ0) is 17.7. The Morgan fingerprint density at radius 3 is 2.08 bits per heavy atom. The lowest BCUT2D eigenvalue weighted by Gasteiger charge is -2.33. The Morgan fingerprint density at radius 1 is 0.958 bits per heavy atom. The van der Waals surface area contributed by atoms with E-state index in [9.17, 15) is 9.90 Å². The summed E-state index contributed by atoms with van der Waals surface area (Å²) in [7, 11) is 0. The zero-order valence-electron chi connectivity index (χ0n) is 16.1. The molecule has 0 fully saturated rings. The summed E-state index contributed by atoms with van der Waals surface area (Å²) >= 11 is 0. The lowest BCUT2D eigenvalue weighted by Crippen LogP contribution is -2.54. The third-order valence-electron chi connectivity index (χ3n) is 5.21. The molecule has 1 atom stereocenters. The largest absolute Gasteiger partial charge is 0.477 e. The van der Waals surface area contributed by atoms with Gasteiger partial charge in [-0.25, -0.2) is 9.79 Å². The van der Waals surface area contributed by atoms with Crippen LogP contribution in [0.3, 0.4) is 0 Å². The van der Waals surface area contributed by atoms with Crippen molar-refractivity contribution >= 4 is 11.8 Å². The lowest BCUT2D eigenvalue weighted by molar-refractivity contribution is -0.828. The predicted molar refractivity (Wildman–Crippen MR) is 102 cm³/mol. The number of amidine groups is 1. The minimum atomic E-state index is -0.693. The van der Waals surface area contributed by atoms with Crippen LogP contribution in [0.1, 0.15) is 90.9 Å². The number of carbonyl (C=O) groups is 1. The van der Waals surface area contributed by atoms with Crippen molar-refractivity contribution in [3.63, 3.8) is 0 Å². The zero-order valence-corrected chi connectivity index (χ0v) is 16.1. The van der Waals surface area contributed by atoms with E-state index in [2.05, 4.69) is 18.8 Å². The summed E-state index contributed by atoms with van der Waals surface area (Å²) in [5.74, 6) is 0.458. The highest BCUT2D eigenvalue weighted by Gasteiger charge is 2.38. The van der Waals surface area contributed by atoms with E-state index in [1.165, 1.54) is 57.8 Å². The Kier molecular flexibility index (Phi) is 11.0. The maximum Gasteiger partial charge on any atom is 0.359 e. The second-order valence-corrected chi connectivity index (χ2v) is 7.37. The average Bonchev–Trinajstić information content (AvgIpc) is 2.91. The van der Waals surface area contributed by atoms with Gasteiger partial charge in [0.15, 0.2) is 12.4 Å². The number of unbranched alkanes of at least 4 members (excludes halogenated alkanes) is 9. The number of carboxylic acid groups (broad SMARTS) is 1. The molecule has 4 nitrogen and oxygen atoms in total. The van der Waals surface area contributed by atoms with Crippen molar-refractivity contribution in [3.05, 3.63) is 0 Å². The SMILES string of the molecule is CCCCCCCCCCCCC1=NCC[N+]1(CCC)CC(=O)O. The molecular weight excluding hydrogens is 300 g/mol. The summed E-state index contributed by atoms with van der Waals surface area (Å²) in [6, 6.07) is 0. The quantitative estimate of drug-likeness (QED) is 0.336. The van der Waals surface area contributed by atoms with Gasteiger partial charge in [-0.2, -0.15) is 0 Å². The Bertz CT molecular complexity index is 382. The molecule has 1 rings (SSSR count). The van der Waals surface area contributed by atoms with Crippen LogP contribution in [0.15, 0.2) is 4.99 Å². The van der Waals surface area contributed by atoms with Crippen LogP contribution < -0.4 is 0 Å². The molecule has 1 aliphatic rings. The van der Waals surface area contributed by atoms with Gasteiger partial charge in [0.05, 0.1) is 13.1 Å². The standard InChI is InChI=1S/C20H38N2O2/c1-3-5-6-7-8-9-10-11-12-13-14-19-21-15-17-22(19,16-4-2)18-20(23)24/h3-18H2,1-2H3/p+1. The Hall–Kier alpha value is -0.900. The van der Waals surface area contributed by atoms with Crippen LogP contribution >= 0.6 is 0 Å². The maximum atomic E-state index is 11.3. The van der Waals surface area contributed by atoms with E-state index in [0.29, 0.717) is 4.48 Å². The molecule has 1 heterocycles. The van der Waals surface area contributed by atoms with Crippen LogP contribution in [-0.4, -0.2) is 47.6 Å². The summed E-state index contributed by atoms with van der Waals surface area (Å²) in [5, 5.41) is 9.26. The first kappa shape index (κ1) is 21.1. The minimum absolute atomic E-state index is 0.213. The van der Waals surface area contributed by atoms with Crippen molar-refractivity contribution in [2.75, 3.05) is 26.2 Å². The first-order chi connectivity index (χ1) is 11.6. The van der Waals surface area contributed by atoms with Crippen molar-refractivity contribution in [2.45, 2.75) is 90.9 Å². The number of nitrogens with zero attached hydrogens (tertiary/aromatic N) is 2. The summed E-state index contributed by atoms with van der Waals surface area (Å²) in [4.78, 5) is 15.9. The molecule has 24 heavy (non-hydrogen) atoms. The smallest absolute Gasteiger partial charge is 0.359 e. The fourth-order valence-electron chi connectivity index (χ4n) is 3.91. The van der Waals surface area contributed by atoms with E-state index >= 15 is 0 Å². The van der Waals surface area contributed by atoms with E-state index in [1.807, 2.05) is 0 Å². The van der Waals surface area contributed by atoms with E-state index in [4.69, 9.17) is 0 Å². The Balaban J connectivity index is 2.18. The van der Waals surface area contributed by atoms with Gasteiger partial charge in [0, 0.05) is 6.42 Å². The molecule has 140 valence electrons. The van der Waals surface area contributed by atoms with Gasteiger partial charge in [-0.3, -0.25) is 4.48 Å². The monoisotopic (exact) mass is 339 g/mol. The van der Waals surface area contributed by atoms with E-state index in [1.54, 1.807) is 0 Å². The van der Waals surface area contributed by atoms with Gasteiger partial charge in [-0.1, -0.05) is 71.6 Å². The van der Waals surface area contributed by atoms with Crippen molar-refractivity contribution < 1.29 is 14.4 Å². The van der Waals surface area contributed by atoms with Gasteiger partial charge in [0.25, 0.3) is 0 Å². The molecule has 1 unspecified atom stereocenters. The van der Waals surface area contributed by atoms with Gasteiger partial charge >= 0.3 is 5.97 Å². The first-order valence-corrected chi connectivity index (χ1v) is 10.3. The lowest BCUT2D eigenvalue weighted by atomic mass is 10.1. The molecule has 0 bridgehead atoms. The maximum absolute atomic E-state index is 11.3. The fraction of sp³-hybridized carbons (Fsp3) is 0.900. The minimum Gasteiger partial charge on any atom is -0.477 e. The summed E-state index contributed by atoms with van der Waals surface area (Å²) in [5.41, 5.74) is 0. The molecule has 0 saturated heterocycles. The number of rotatable bonds is 15. The van der Waals surface area contributed by atoms with Crippen molar-refractivity contribution in [3.8, 4) is 0 Å². The van der Waals surface area contributed by atoms with Crippen LogP contribution in [0.4, 0.5) is 0 Å². The molecule has 0 radical (unpaired) electrons. The highest BCUT2D eigenvalue weighted by Crippen LogP contribution is 2.21. The summed E-state index contributed by atoms with van der Waals surface area (Å²) in [6.07, 6.45) is 15.4. The molecule has 0 spiro atoms. The number of hydrogen-bond donors (Lipinski definition) is 1. The van der Waals surface area contributed by atoms with E-state index in [-0.39, 0.29) is 6.54 Å². The second-order valence-electron chi connectivity index (χ2n) is 7.37. The van der Waals surface area contributed by atoms with Gasteiger partial charge in [0.1, 0.15) is 6.54 Å². The molecule has 1 aliphatic heterocycles. The Morgan fingerprint density at radius 2 is 1.54 bits per heavy atom. The summed E-state index contributed by atoms with van der Waals surface area (Å²) < 4.78 is 0.614. The van der Waals surface area contributed by atoms with E-state index in [0.717, 1.165) is 44.7 Å². The second kappa shape index (κ2) is 12.5. The van der Waals surface area contributed by atoms with Crippen molar-refractivity contribution in [1.82, 2.24) is 0 Å². The van der Waals surface area contributed by atoms with Crippen LogP contribution in [0.25, 0.3) is 0 Å². The number of carboxylic acids is 1. The molecule has 0 aliphatic carbocycles. The number of hydrogen-bond acceptors (Lipinski definition) is 2.